The normalized spacial score (nSPS) is 9.62. The molecule has 0 heterocycles. The highest BCUT2D eigenvalue weighted by Crippen LogP contribution is 2.04. The van der Waals surface area contributed by atoms with Gasteiger partial charge in [-0.15, -0.1) is 0 Å². The molecular weight excluding hydrogens is 202 g/mol. The third-order valence-electron chi connectivity index (χ3n) is 2.10. The molecule has 1 aromatic carbocycles. The van der Waals surface area contributed by atoms with Crippen LogP contribution in [0.1, 0.15) is 5.56 Å². The molecule has 0 unspecified atom stereocenters. The minimum Gasteiger partial charge on any atom is -0.370 e. The van der Waals surface area contributed by atoms with E-state index in [9.17, 15) is 0 Å². The Hall–Kier alpha value is -2.04. The number of nitrogens with one attached hydrogen (secondary N) is 2. The standard InChI is InChI=1S/C11H16N5/c1-15(2)11(14)16(10(12)13)8-9-6-4-3-5-7-9/h4-7,14H,8H2,1-2H3,(H3,12,13). The van der Waals surface area contributed by atoms with Gasteiger partial charge in [-0.1, -0.05) is 24.3 Å². The van der Waals surface area contributed by atoms with Gasteiger partial charge in [-0.2, -0.15) is 0 Å². The Balaban J connectivity index is 2.81. The molecule has 4 N–H and O–H groups in total. The molecule has 1 rings (SSSR count). The van der Waals surface area contributed by atoms with Crippen LogP contribution in [0.25, 0.3) is 0 Å². The zero-order valence-electron chi connectivity index (χ0n) is 9.49. The third-order valence-corrected chi connectivity index (χ3v) is 2.10. The Kier molecular flexibility index (Phi) is 3.88. The SMILES string of the molecule is CN(C)C(=N)N(Cc1cc[c]cc1)C(=N)N. The Morgan fingerprint density at radius 2 is 1.88 bits per heavy atom. The van der Waals surface area contributed by atoms with Crippen LogP contribution in [-0.2, 0) is 6.54 Å². The van der Waals surface area contributed by atoms with E-state index in [2.05, 4.69) is 6.07 Å². The molecule has 1 radical (unpaired) electrons. The molecular formula is C11H16N5. The number of benzene rings is 1. The summed E-state index contributed by atoms with van der Waals surface area (Å²) in [5.74, 6) is 0.0619. The fourth-order valence-corrected chi connectivity index (χ4v) is 1.22. The number of guanidine groups is 2. The average Bonchev–Trinajstić information content (AvgIpc) is 2.26. The molecule has 0 aliphatic rings. The van der Waals surface area contributed by atoms with Gasteiger partial charge in [0.15, 0.2) is 11.9 Å². The lowest BCUT2D eigenvalue weighted by Crippen LogP contribution is -2.46. The first-order valence-corrected chi connectivity index (χ1v) is 4.85. The van der Waals surface area contributed by atoms with E-state index in [0.29, 0.717) is 6.54 Å². The number of nitrogens with zero attached hydrogens (tertiary/aromatic N) is 2. The summed E-state index contributed by atoms with van der Waals surface area (Å²) in [6.07, 6.45) is 0. The topological polar surface area (TPSA) is 80.2 Å². The zero-order chi connectivity index (χ0) is 12.1. The lowest BCUT2D eigenvalue weighted by Gasteiger charge is -2.27. The first-order chi connectivity index (χ1) is 7.52. The minimum atomic E-state index is -0.133. The maximum Gasteiger partial charge on any atom is 0.200 e. The molecule has 1 aromatic rings. The van der Waals surface area contributed by atoms with Gasteiger partial charge in [-0.05, 0) is 11.6 Å². The van der Waals surface area contributed by atoms with Gasteiger partial charge in [0.25, 0.3) is 0 Å². The summed E-state index contributed by atoms with van der Waals surface area (Å²) in [5, 5.41) is 15.3. The molecule has 0 aliphatic heterocycles. The highest BCUT2D eigenvalue weighted by Gasteiger charge is 2.14. The van der Waals surface area contributed by atoms with Crippen molar-refractivity contribution in [3.05, 3.63) is 35.9 Å². The predicted octanol–water partition coefficient (Wildman–Crippen LogP) is 0.679. The summed E-state index contributed by atoms with van der Waals surface area (Å²) >= 11 is 0. The van der Waals surface area contributed by atoms with Crippen LogP contribution >= 0.6 is 0 Å². The summed E-state index contributed by atoms with van der Waals surface area (Å²) in [5.41, 5.74) is 6.44. The molecule has 5 heteroatoms. The lowest BCUT2D eigenvalue weighted by atomic mass is 10.2. The monoisotopic (exact) mass is 218 g/mol. The van der Waals surface area contributed by atoms with E-state index < -0.39 is 0 Å². The summed E-state index contributed by atoms with van der Waals surface area (Å²) < 4.78 is 0. The van der Waals surface area contributed by atoms with E-state index in [4.69, 9.17) is 16.6 Å². The number of rotatable bonds is 2. The molecule has 0 atom stereocenters. The molecule has 0 amide bonds. The van der Waals surface area contributed by atoms with Gasteiger partial charge in [-0.25, -0.2) is 0 Å². The van der Waals surface area contributed by atoms with E-state index in [1.165, 1.54) is 4.90 Å². The van der Waals surface area contributed by atoms with Crippen LogP contribution in [0.4, 0.5) is 0 Å². The lowest BCUT2D eigenvalue weighted by molar-refractivity contribution is 0.472. The zero-order valence-corrected chi connectivity index (χ0v) is 9.49. The number of hydrogen-bond donors (Lipinski definition) is 3. The first kappa shape index (κ1) is 12.0. The second-order valence-electron chi connectivity index (χ2n) is 3.60. The Morgan fingerprint density at radius 1 is 1.31 bits per heavy atom. The Labute approximate surface area is 95.5 Å². The molecule has 0 spiro atoms. The average molecular weight is 218 g/mol. The van der Waals surface area contributed by atoms with Crippen molar-refractivity contribution in [2.24, 2.45) is 5.73 Å². The van der Waals surface area contributed by atoms with Crippen LogP contribution in [0.5, 0.6) is 0 Å². The van der Waals surface area contributed by atoms with Gasteiger partial charge >= 0.3 is 0 Å². The third kappa shape index (κ3) is 2.98. The van der Waals surface area contributed by atoms with Gasteiger partial charge in [0, 0.05) is 14.1 Å². The van der Waals surface area contributed by atoms with Crippen LogP contribution in [-0.4, -0.2) is 35.8 Å². The van der Waals surface area contributed by atoms with Gasteiger partial charge in [0.05, 0.1) is 6.54 Å². The van der Waals surface area contributed by atoms with Crippen molar-refractivity contribution in [2.45, 2.75) is 6.54 Å². The molecule has 16 heavy (non-hydrogen) atoms. The van der Waals surface area contributed by atoms with Gasteiger partial charge in [0.1, 0.15) is 0 Å². The van der Waals surface area contributed by atoms with E-state index in [-0.39, 0.29) is 11.9 Å². The van der Waals surface area contributed by atoms with E-state index >= 15 is 0 Å². The molecule has 0 fully saturated rings. The predicted molar refractivity (Wildman–Crippen MR) is 64.1 cm³/mol. The largest absolute Gasteiger partial charge is 0.370 e. The maximum absolute atomic E-state index is 7.80. The Morgan fingerprint density at radius 3 is 2.31 bits per heavy atom. The van der Waals surface area contributed by atoms with Crippen molar-refractivity contribution in [3.8, 4) is 0 Å². The van der Waals surface area contributed by atoms with Crippen LogP contribution in [0.2, 0.25) is 0 Å². The second kappa shape index (κ2) is 5.16. The van der Waals surface area contributed by atoms with Crippen LogP contribution in [0, 0.1) is 16.9 Å². The molecule has 0 aromatic heterocycles. The molecule has 0 aliphatic carbocycles. The highest BCUT2D eigenvalue weighted by molar-refractivity contribution is 5.94. The van der Waals surface area contributed by atoms with Crippen molar-refractivity contribution in [2.75, 3.05) is 14.1 Å². The smallest absolute Gasteiger partial charge is 0.200 e. The van der Waals surface area contributed by atoms with Crippen molar-refractivity contribution in [1.29, 1.82) is 10.8 Å². The van der Waals surface area contributed by atoms with Crippen molar-refractivity contribution in [3.63, 3.8) is 0 Å². The summed E-state index contributed by atoms with van der Waals surface area (Å²) in [4.78, 5) is 3.03. The fraction of sp³-hybridized carbons (Fsp3) is 0.273. The second-order valence-corrected chi connectivity index (χ2v) is 3.60. The molecule has 0 saturated carbocycles. The fourth-order valence-electron chi connectivity index (χ4n) is 1.22. The highest BCUT2D eigenvalue weighted by atomic mass is 15.4. The quantitative estimate of drug-likeness (QED) is 0.504. The molecule has 85 valence electrons. The molecule has 0 saturated heterocycles. The molecule has 5 nitrogen and oxygen atoms in total. The van der Waals surface area contributed by atoms with Gasteiger partial charge in [-0.3, -0.25) is 15.7 Å². The van der Waals surface area contributed by atoms with Crippen molar-refractivity contribution in [1.82, 2.24) is 9.80 Å². The minimum absolute atomic E-state index is 0.133. The van der Waals surface area contributed by atoms with Crippen molar-refractivity contribution >= 4 is 11.9 Å². The van der Waals surface area contributed by atoms with Gasteiger partial charge in [0.2, 0.25) is 0 Å². The number of nitrogens with two attached hydrogens (primary N) is 1. The van der Waals surface area contributed by atoms with E-state index in [0.717, 1.165) is 5.56 Å². The van der Waals surface area contributed by atoms with Crippen molar-refractivity contribution < 1.29 is 0 Å². The summed E-state index contributed by atoms with van der Waals surface area (Å²) in [7, 11) is 3.49. The maximum atomic E-state index is 7.80. The van der Waals surface area contributed by atoms with Gasteiger partial charge < -0.3 is 10.6 Å². The van der Waals surface area contributed by atoms with Crippen LogP contribution < -0.4 is 5.73 Å². The summed E-state index contributed by atoms with van der Waals surface area (Å²) in [6, 6.07) is 10.3. The van der Waals surface area contributed by atoms with E-state index in [1.807, 2.05) is 12.1 Å². The first-order valence-electron chi connectivity index (χ1n) is 4.85. The van der Waals surface area contributed by atoms with E-state index in [1.54, 1.807) is 31.1 Å². The van der Waals surface area contributed by atoms with Crippen LogP contribution in [0.15, 0.2) is 24.3 Å². The molecule has 0 bridgehead atoms. The Bertz CT molecular complexity index is 371. The summed E-state index contributed by atoms with van der Waals surface area (Å²) in [6.45, 7) is 0.418. The number of hydrogen-bond acceptors (Lipinski definition) is 2. The van der Waals surface area contributed by atoms with Crippen LogP contribution in [0.3, 0.4) is 0 Å².